The van der Waals surface area contributed by atoms with Gasteiger partial charge in [-0.2, -0.15) is 0 Å². The van der Waals surface area contributed by atoms with Crippen molar-refractivity contribution in [1.82, 2.24) is 15.2 Å². The van der Waals surface area contributed by atoms with Gasteiger partial charge in [0.05, 0.1) is 23.8 Å². The summed E-state index contributed by atoms with van der Waals surface area (Å²) in [7, 11) is 0. The number of anilines is 2. The van der Waals surface area contributed by atoms with Crippen LogP contribution >= 0.6 is 0 Å². The van der Waals surface area contributed by atoms with E-state index in [0.717, 1.165) is 24.1 Å². The minimum Gasteiger partial charge on any atom is -0.481 e. The second-order valence-corrected chi connectivity index (χ2v) is 12.5. The van der Waals surface area contributed by atoms with Crippen molar-refractivity contribution in [1.29, 1.82) is 0 Å². The summed E-state index contributed by atoms with van der Waals surface area (Å²) < 4.78 is 0. The summed E-state index contributed by atoms with van der Waals surface area (Å²) in [6.07, 6.45) is 4.72. The highest BCUT2D eigenvalue weighted by Gasteiger charge is 2.35. The normalized spacial score (nSPS) is 15.8. The Morgan fingerprint density at radius 2 is 1.61 bits per heavy atom. The number of amides is 3. The van der Waals surface area contributed by atoms with Gasteiger partial charge < -0.3 is 25.5 Å². The number of nitrogens with one attached hydrogen (secondary N) is 2. The summed E-state index contributed by atoms with van der Waals surface area (Å²) in [5.74, 6) is -1.47. The number of aromatic nitrogens is 1. The molecule has 3 amide bonds. The quantitative estimate of drug-likeness (QED) is 0.328. The zero-order valence-corrected chi connectivity index (χ0v) is 25.4. The van der Waals surface area contributed by atoms with Crippen molar-refractivity contribution in [3.63, 3.8) is 0 Å². The van der Waals surface area contributed by atoms with Crippen LogP contribution in [-0.2, 0) is 15.0 Å². The largest absolute Gasteiger partial charge is 0.481 e. The first-order valence-corrected chi connectivity index (χ1v) is 15.0. The Morgan fingerprint density at radius 1 is 0.932 bits per heavy atom. The van der Waals surface area contributed by atoms with E-state index in [4.69, 9.17) is 0 Å². The van der Waals surface area contributed by atoms with Crippen LogP contribution < -0.4 is 15.5 Å². The number of piperazine rings is 1. The Labute approximate surface area is 257 Å². The van der Waals surface area contributed by atoms with Crippen molar-refractivity contribution >= 4 is 35.1 Å². The molecule has 2 aliphatic rings. The van der Waals surface area contributed by atoms with Crippen molar-refractivity contribution in [3.05, 3.63) is 89.2 Å². The molecule has 44 heavy (non-hydrogen) atoms. The molecule has 0 radical (unpaired) electrons. The smallest absolute Gasteiger partial charge is 0.305 e. The van der Waals surface area contributed by atoms with Gasteiger partial charge in [-0.25, -0.2) is 0 Å². The van der Waals surface area contributed by atoms with Crippen molar-refractivity contribution < 1.29 is 24.3 Å². The average molecular weight is 598 g/mol. The van der Waals surface area contributed by atoms with E-state index in [0.29, 0.717) is 43.0 Å². The third-order valence-corrected chi connectivity index (χ3v) is 8.15. The third-order valence-electron chi connectivity index (χ3n) is 8.15. The van der Waals surface area contributed by atoms with E-state index < -0.39 is 17.9 Å². The van der Waals surface area contributed by atoms with Crippen LogP contribution in [0.5, 0.6) is 0 Å². The molecule has 2 fully saturated rings. The molecule has 1 saturated heterocycles. The van der Waals surface area contributed by atoms with Gasteiger partial charge in [0.15, 0.2) is 0 Å². The molecule has 3 aromatic rings. The minimum atomic E-state index is -1.06. The predicted molar refractivity (Wildman–Crippen MR) is 168 cm³/mol. The van der Waals surface area contributed by atoms with Crippen LogP contribution in [-0.4, -0.2) is 64.9 Å². The molecule has 10 nitrogen and oxygen atoms in total. The number of carbonyl (C=O) groups excluding carboxylic acids is 3. The lowest BCUT2D eigenvalue weighted by atomic mass is 9.86. The van der Waals surface area contributed by atoms with E-state index in [2.05, 4.69) is 41.3 Å². The highest BCUT2D eigenvalue weighted by molar-refractivity contribution is 6.07. The van der Waals surface area contributed by atoms with Gasteiger partial charge in [0, 0.05) is 55.6 Å². The average Bonchev–Trinajstić information content (AvgIpc) is 3.86. The molecule has 5 rings (SSSR count). The van der Waals surface area contributed by atoms with Gasteiger partial charge in [0.2, 0.25) is 5.91 Å². The first kappa shape index (κ1) is 30.7. The topological polar surface area (TPSA) is 132 Å². The SMILES string of the molecule is CC(C)(C)c1ccc(C(=O)Nc2cc(C(=O)NC(CC(=O)O)c3cccnc3)ccc2N2CCN(C(=O)C3CC3)CC2)cc1. The molecule has 1 unspecified atom stereocenters. The van der Waals surface area contributed by atoms with Crippen LogP contribution in [0.4, 0.5) is 11.4 Å². The number of rotatable bonds is 9. The van der Waals surface area contributed by atoms with Gasteiger partial charge in [0.1, 0.15) is 0 Å². The van der Waals surface area contributed by atoms with Crippen LogP contribution in [0.25, 0.3) is 0 Å². The fourth-order valence-electron chi connectivity index (χ4n) is 5.38. The van der Waals surface area contributed by atoms with E-state index in [1.807, 2.05) is 17.0 Å². The summed E-state index contributed by atoms with van der Waals surface area (Å²) in [5, 5.41) is 15.3. The van der Waals surface area contributed by atoms with Crippen LogP contribution in [0.3, 0.4) is 0 Å². The zero-order chi connectivity index (χ0) is 31.4. The fourth-order valence-corrected chi connectivity index (χ4v) is 5.38. The number of hydrogen-bond acceptors (Lipinski definition) is 6. The van der Waals surface area contributed by atoms with Crippen molar-refractivity contribution in [2.75, 3.05) is 36.4 Å². The van der Waals surface area contributed by atoms with E-state index in [1.54, 1.807) is 48.7 Å². The number of pyridine rings is 1. The minimum absolute atomic E-state index is 0.0544. The molecule has 10 heteroatoms. The highest BCUT2D eigenvalue weighted by atomic mass is 16.4. The molecule has 1 saturated carbocycles. The molecular weight excluding hydrogens is 558 g/mol. The maximum Gasteiger partial charge on any atom is 0.305 e. The van der Waals surface area contributed by atoms with Gasteiger partial charge in [-0.3, -0.25) is 24.2 Å². The molecule has 2 heterocycles. The first-order chi connectivity index (χ1) is 21.0. The lowest BCUT2D eigenvalue weighted by molar-refractivity contribution is -0.137. The Morgan fingerprint density at radius 3 is 2.20 bits per heavy atom. The molecular formula is C34H39N5O5. The van der Waals surface area contributed by atoms with Gasteiger partial charge in [-0.05, 0) is 65.8 Å². The zero-order valence-electron chi connectivity index (χ0n) is 25.4. The summed E-state index contributed by atoms with van der Waals surface area (Å²) in [6.45, 7) is 8.68. The van der Waals surface area contributed by atoms with Crippen LogP contribution in [0.2, 0.25) is 0 Å². The fraction of sp³-hybridized carbons (Fsp3) is 0.382. The van der Waals surface area contributed by atoms with E-state index in [-0.39, 0.29) is 35.1 Å². The molecule has 0 bridgehead atoms. The Bertz CT molecular complexity index is 1520. The van der Waals surface area contributed by atoms with E-state index in [9.17, 15) is 24.3 Å². The molecule has 1 aliphatic carbocycles. The molecule has 1 aromatic heterocycles. The monoisotopic (exact) mass is 597 g/mol. The Balaban J connectivity index is 1.40. The number of hydrogen-bond donors (Lipinski definition) is 3. The van der Waals surface area contributed by atoms with Crippen LogP contribution in [0.1, 0.15) is 77.9 Å². The second kappa shape index (κ2) is 12.9. The number of benzene rings is 2. The van der Waals surface area contributed by atoms with Gasteiger partial charge in [-0.15, -0.1) is 0 Å². The first-order valence-electron chi connectivity index (χ1n) is 15.0. The summed E-state index contributed by atoms with van der Waals surface area (Å²) in [5.41, 5.74) is 3.59. The van der Waals surface area contributed by atoms with Crippen molar-refractivity contribution in [2.45, 2.75) is 51.5 Å². The Hall–Kier alpha value is -4.73. The van der Waals surface area contributed by atoms with Gasteiger partial charge >= 0.3 is 5.97 Å². The third kappa shape index (κ3) is 7.42. The number of carbonyl (C=O) groups is 4. The van der Waals surface area contributed by atoms with Crippen LogP contribution in [0.15, 0.2) is 67.0 Å². The Kier molecular flexibility index (Phi) is 8.98. The predicted octanol–water partition coefficient (Wildman–Crippen LogP) is 4.64. The van der Waals surface area contributed by atoms with Gasteiger partial charge in [-0.1, -0.05) is 39.0 Å². The number of carboxylic acids is 1. The lowest BCUT2D eigenvalue weighted by Gasteiger charge is -2.37. The highest BCUT2D eigenvalue weighted by Crippen LogP contribution is 2.33. The standard InChI is InChI=1S/C34H39N5O5/c1-34(2,3)26-11-8-22(9-12-26)31(42)37-28-19-24(32(43)36-27(20-30(40)41)25-5-4-14-35-21-25)10-13-29(28)38-15-17-39(18-16-38)33(44)23-6-7-23/h4-5,8-14,19,21,23,27H,6-7,15-18,20H2,1-3H3,(H,36,43)(H,37,42)(H,40,41). The van der Waals surface area contributed by atoms with Crippen molar-refractivity contribution in [3.8, 4) is 0 Å². The molecule has 1 atom stereocenters. The summed E-state index contributed by atoms with van der Waals surface area (Å²) in [4.78, 5) is 59.1. The van der Waals surface area contributed by atoms with Crippen molar-refractivity contribution in [2.24, 2.45) is 5.92 Å². The number of aliphatic carboxylic acids is 1. The van der Waals surface area contributed by atoms with E-state index in [1.165, 1.54) is 6.20 Å². The molecule has 2 aromatic carbocycles. The van der Waals surface area contributed by atoms with E-state index >= 15 is 0 Å². The van der Waals surface area contributed by atoms with Crippen LogP contribution in [0, 0.1) is 5.92 Å². The number of carboxylic acid groups (broad SMARTS) is 1. The maximum atomic E-state index is 13.4. The molecule has 3 N–H and O–H groups in total. The van der Waals surface area contributed by atoms with Gasteiger partial charge in [0.25, 0.3) is 11.8 Å². The molecule has 1 aliphatic heterocycles. The lowest BCUT2D eigenvalue weighted by Crippen LogP contribution is -2.49. The molecule has 0 spiro atoms. The molecule has 230 valence electrons. The summed E-state index contributed by atoms with van der Waals surface area (Å²) >= 11 is 0. The summed E-state index contributed by atoms with van der Waals surface area (Å²) in [6, 6.07) is 15.2. The number of nitrogens with zero attached hydrogens (tertiary/aromatic N) is 3. The maximum absolute atomic E-state index is 13.4. The second-order valence-electron chi connectivity index (χ2n) is 12.5.